The van der Waals surface area contributed by atoms with Crippen molar-refractivity contribution in [3.63, 3.8) is 0 Å². The minimum Gasteiger partial charge on any atom is -0.375 e. The maximum absolute atomic E-state index is 13.0. The molecule has 0 bridgehead atoms. The van der Waals surface area contributed by atoms with Crippen LogP contribution in [0.4, 0.5) is 0 Å². The van der Waals surface area contributed by atoms with E-state index in [1.54, 1.807) is 0 Å². The van der Waals surface area contributed by atoms with Gasteiger partial charge in [-0.1, -0.05) is 17.7 Å². The second kappa shape index (κ2) is 7.15. The predicted molar refractivity (Wildman–Crippen MR) is 95.1 cm³/mol. The zero-order valence-electron chi connectivity index (χ0n) is 14.3. The van der Waals surface area contributed by atoms with Gasteiger partial charge in [-0.15, -0.1) is 11.8 Å². The lowest BCUT2D eigenvalue weighted by atomic mass is 10.0. The maximum Gasteiger partial charge on any atom is 0.254 e. The molecule has 2 aliphatic rings. The molecule has 2 heterocycles. The Balaban J connectivity index is 1.70. The van der Waals surface area contributed by atoms with E-state index in [1.807, 2.05) is 52.8 Å². The fraction of sp³-hybridized carbons (Fsp3) is 0.556. The first-order valence-electron chi connectivity index (χ1n) is 8.35. The topological polar surface area (TPSA) is 49.9 Å². The van der Waals surface area contributed by atoms with Crippen LogP contribution in [0.15, 0.2) is 24.3 Å². The van der Waals surface area contributed by atoms with Gasteiger partial charge in [-0.3, -0.25) is 9.59 Å². The van der Waals surface area contributed by atoms with E-state index in [0.717, 1.165) is 36.3 Å². The molecular formula is C18H24N2O3S. The number of methoxy groups -OCH3 is 1. The number of carbonyl (C=O) groups is 2. The number of ether oxygens (including phenoxy) is 1. The molecule has 2 saturated heterocycles. The highest BCUT2D eigenvalue weighted by atomic mass is 32.2. The largest absolute Gasteiger partial charge is 0.375 e. The Morgan fingerprint density at radius 1 is 1.17 bits per heavy atom. The van der Waals surface area contributed by atoms with Gasteiger partial charge >= 0.3 is 0 Å². The van der Waals surface area contributed by atoms with Gasteiger partial charge in [0.15, 0.2) is 0 Å². The van der Waals surface area contributed by atoms with E-state index in [-0.39, 0.29) is 23.3 Å². The molecule has 0 atom stereocenters. The molecule has 24 heavy (non-hydrogen) atoms. The summed E-state index contributed by atoms with van der Waals surface area (Å²) in [5.41, 5.74) is 1.90. The van der Waals surface area contributed by atoms with E-state index in [1.165, 1.54) is 7.11 Å². The van der Waals surface area contributed by atoms with Gasteiger partial charge in [0.05, 0.1) is 4.87 Å². The van der Waals surface area contributed by atoms with Crippen LogP contribution in [0.2, 0.25) is 0 Å². The monoisotopic (exact) mass is 348 g/mol. The molecule has 0 saturated carbocycles. The van der Waals surface area contributed by atoms with Crippen molar-refractivity contribution in [1.82, 2.24) is 9.80 Å². The molecule has 2 aliphatic heterocycles. The molecule has 0 unspecified atom stereocenters. The van der Waals surface area contributed by atoms with Crippen LogP contribution in [0.25, 0.3) is 0 Å². The van der Waals surface area contributed by atoms with Crippen LogP contribution >= 0.6 is 11.8 Å². The normalized spacial score (nSPS) is 19.8. The van der Waals surface area contributed by atoms with Gasteiger partial charge in [-0.2, -0.15) is 0 Å². The first-order chi connectivity index (χ1) is 11.6. The van der Waals surface area contributed by atoms with Gasteiger partial charge in [-0.05, 0) is 31.9 Å². The summed E-state index contributed by atoms with van der Waals surface area (Å²) >= 11 is 1.86. The highest BCUT2D eigenvalue weighted by molar-refractivity contribution is 8.00. The van der Waals surface area contributed by atoms with Crippen LogP contribution in [0.5, 0.6) is 0 Å². The maximum atomic E-state index is 13.0. The third kappa shape index (κ3) is 3.30. The molecule has 0 aliphatic carbocycles. The minimum atomic E-state index is -0.161. The standard InChI is InChI=1S/C18H24N2O3S/c1-14-3-5-15(6-4-14)17(22)20-11-12-24-18(20)7-9-19(10-8-18)16(21)13-23-2/h3-6H,7-13H2,1-2H3. The van der Waals surface area contributed by atoms with Crippen molar-refractivity contribution in [3.8, 4) is 0 Å². The summed E-state index contributed by atoms with van der Waals surface area (Å²) in [5.74, 6) is 1.10. The lowest BCUT2D eigenvalue weighted by Crippen LogP contribution is -2.54. The van der Waals surface area contributed by atoms with E-state index in [4.69, 9.17) is 4.74 Å². The van der Waals surface area contributed by atoms with Crippen LogP contribution < -0.4 is 0 Å². The number of benzene rings is 1. The van der Waals surface area contributed by atoms with Crippen molar-refractivity contribution in [1.29, 1.82) is 0 Å². The zero-order chi connectivity index (χ0) is 17.2. The van der Waals surface area contributed by atoms with Gasteiger partial charge in [0.1, 0.15) is 6.61 Å². The van der Waals surface area contributed by atoms with Crippen LogP contribution in [0, 0.1) is 6.92 Å². The second-order valence-electron chi connectivity index (χ2n) is 6.43. The average Bonchev–Trinajstić information content (AvgIpc) is 2.99. The van der Waals surface area contributed by atoms with Crippen molar-refractivity contribution in [2.45, 2.75) is 24.6 Å². The van der Waals surface area contributed by atoms with Gasteiger partial charge < -0.3 is 14.5 Å². The summed E-state index contributed by atoms with van der Waals surface area (Å²) in [4.78, 5) is 28.7. The number of rotatable bonds is 3. The summed E-state index contributed by atoms with van der Waals surface area (Å²) in [6, 6.07) is 7.78. The van der Waals surface area contributed by atoms with Crippen molar-refractivity contribution >= 4 is 23.6 Å². The quantitative estimate of drug-likeness (QED) is 0.840. The Morgan fingerprint density at radius 2 is 1.83 bits per heavy atom. The van der Waals surface area contributed by atoms with Crippen molar-refractivity contribution in [2.24, 2.45) is 0 Å². The molecule has 130 valence electrons. The number of likely N-dealkylation sites (tertiary alicyclic amines) is 1. The molecule has 6 heteroatoms. The number of amides is 2. The molecule has 0 N–H and O–H groups in total. The van der Waals surface area contributed by atoms with Crippen molar-refractivity contribution in [3.05, 3.63) is 35.4 Å². The van der Waals surface area contributed by atoms with Crippen molar-refractivity contribution < 1.29 is 14.3 Å². The second-order valence-corrected chi connectivity index (χ2v) is 7.89. The van der Waals surface area contributed by atoms with E-state index in [9.17, 15) is 9.59 Å². The van der Waals surface area contributed by atoms with Gasteiger partial charge in [-0.25, -0.2) is 0 Å². The Kier molecular flexibility index (Phi) is 5.15. The van der Waals surface area contributed by atoms with E-state index in [2.05, 4.69) is 0 Å². The van der Waals surface area contributed by atoms with Crippen molar-refractivity contribution in [2.75, 3.05) is 39.1 Å². The van der Waals surface area contributed by atoms with Crippen LogP contribution in [0.3, 0.4) is 0 Å². The third-order valence-electron chi connectivity index (χ3n) is 4.89. The highest BCUT2D eigenvalue weighted by Crippen LogP contribution is 2.44. The summed E-state index contributed by atoms with van der Waals surface area (Å²) < 4.78 is 4.94. The Hall–Kier alpha value is -1.53. The molecule has 0 aromatic heterocycles. The summed E-state index contributed by atoms with van der Waals surface area (Å²) in [5, 5.41) is 0. The third-order valence-corrected chi connectivity index (χ3v) is 6.44. The highest BCUT2D eigenvalue weighted by Gasteiger charge is 2.46. The number of hydrogen-bond donors (Lipinski definition) is 0. The molecule has 1 aromatic rings. The fourth-order valence-corrected chi connectivity index (χ4v) is 4.94. The number of thioether (sulfide) groups is 1. The predicted octanol–water partition coefficient (Wildman–Crippen LogP) is 2.15. The minimum absolute atomic E-state index is 0.0340. The molecule has 3 rings (SSSR count). The smallest absolute Gasteiger partial charge is 0.254 e. The number of piperidine rings is 1. The van der Waals surface area contributed by atoms with Crippen LogP contribution in [-0.4, -0.2) is 65.6 Å². The summed E-state index contributed by atoms with van der Waals surface area (Å²) in [7, 11) is 1.54. The lowest BCUT2D eigenvalue weighted by molar-refractivity contribution is -0.136. The first-order valence-corrected chi connectivity index (χ1v) is 9.34. The number of nitrogens with zero attached hydrogens (tertiary/aromatic N) is 2. The first kappa shape index (κ1) is 17.3. The van der Waals surface area contributed by atoms with Gasteiger partial charge in [0, 0.05) is 38.1 Å². The molecule has 2 amide bonds. The summed E-state index contributed by atoms with van der Waals surface area (Å²) in [6.07, 6.45) is 1.65. The van der Waals surface area contributed by atoms with E-state index >= 15 is 0 Å². The van der Waals surface area contributed by atoms with Gasteiger partial charge in [0.2, 0.25) is 5.91 Å². The van der Waals surface area contributed by atoms with Crippen LogP contribution in [-0.2, 0) is 9.53 Å². The van der Waals surface area contributed by atoms with Crippen LogP contribution in [0.1, 0.15) is 28.8 Å². The molecule has 5 nitrogen and oxygen atoms in total. The van der Waals surface area contributed by atoms with Gasteiger partial charge in [0.25, 0.3) is 5.91 Å². The molecule has 0 radical (unpaired) electrons. The average molecular weight is 348 g/mol. The summed E-state index contributed by atoms with van der Waals surface area (Å²) in [6.45, 7) is 4.31. The Labute approximate surface area is 147 Å². The number of aryl methyl sites for hydroxylation is 1. The lowest BCUT2D eigenvalue weighted by Gasteiger charge is -2.44. The SMILES string of the molecule is COCC(=O)N1CCC2(CC1)SCCN2C(=O)c1ccc(C)cc1. The number of carbonyl (C=O) groups excluding carboxylic acids is 2. The Bertz CT molecular complexity index is 609. The Morgan fingerprint density at radius 3 is 2.46 bits per heavy atom. The number of hydrogen-bond acceptors (Lipinski definition) is 4. The zero-order valence-corrected chi connectivity index (χ0v) is 15.1. The molecule has 1 aromatic carbocycles. The fourth-order valence-electron chi connectivity index (χ4n) is 3.48. The molecular weight excluding hydrogens is 324 g/mol. The molecule has 2 fully saturated rings. The molecule has 1 spiro atoms. The van der Waals surface area contributed by atoms with E-state index < -0.39 is 0 Å². The van der Waals surface area contributed by atoms with E-state index in [0.29, 0.717) is 13.1 Å².